The molecule has 0 aromatic rings. The van der Waals surface area contributed by atoms with Crippen LogP contribution in [0.4, 0.5) is 0 Å². The summed E-state index contributed by atoms with van der Waals surface area (Å²) in [4.78, 5) is 4.80. The number of hydrogen-bond donors (Lipinski definition) is 0. The molecular formula is C7H13NO. The van der Waals surface area contributed by atoms with Crippen LogP contribution in [0.15, 0.2) is 17.3 Å². The number of oxime groups is 1. The van der Waals surface area contributed by atoms with E-state index in [4.69, 9.17) is 4.84 Å². The van der Waals surface area contributed by atoms with E-state index in [1.165, 1.54) is 0 Å². The molecule has 0 rings (SSSR count). The minimum Gasteiger partial charge on any atom is -0.396 e. The van der Waals surface area contributed by atoms with Crippen molar-refractivity contribution in [1.82, 2.24) is 0 Å². The third-order valence-corrected chi connectivity index (χ3v) is 0.643. The highest BCUT2D eigenvalue weighted by Gasteiger charge is 1.76. The minimum atomic E-state index is 0.684. The van der Waals surface area contributed by atoms with Crippen LogP contribution in [0.2, 0.25) is 0 Å². The molecule has 0 aliphatic carbocycles. The van der Waals surface area contributed by atoms with Crippen LogP contribution in [-0.4, -0.2) is 12.8 Å². The summed E-state index contributed by atoms with van der Waals surface area (Å²) in [5, 5.41) is 3.64. The van der Waals surface area contributed by atoms with Crippen molar-refractivity contribution in [3.05, 3.63) is 12.2 Å². The molecule has 9 heavy (non-hydrogen) atoms. The average Bonchev–Trinajstić information content (AvgIpc) is 1.80. The van der Waals surface area contributed by atoms with E-state index in [0.29, 0.717) is 6.61 Å². The fraction of sp³-hybridized carbons (Fsp3) is 0.571. The molecule has 0 amide bonds. The van der Waals surface area contributed by atoms with Gasteiger partial charge >= 0.3 is 0 Å². The van der Waals surface area contributed by atoms with Gasteiger partial charge in [0.2, 0.25) is 0 Å². The van der Waals surface area contributed by atoms with Crippen LogP contribution in [0.5, 0.6) is 0 Å². The van der Waals surface area contributed by atoms with Gasteiger partial charge in [0, 0.05) is 0 Å². The SMILES string of the molecule is C=C(C)/C=N\OCCC. The summed E-state index contributed by atoms with van der Waals surface area (Å²) in [6.07, 6.45) is 2.60. The lowest BCUT2D eigenvalue weighted by Gasteiger charge is -1.91. The minimum absolute atomic E-state index is 0.684. The zero-order valence-electron chi connectivity index (χ0n) is 6.05. The Morgan fingerprint density at radius 3 is 2.89 bits per heavy atom. The predicted octanol–water partition coefficient (Wildman–Crippen LogP) is 1.97. The summed E-state index contributed by atoms with van der Waals surface area (Å²) in [7, 11) is 0. The van der Waals surface area contributed by atoms with E-state index in [2.05, 4.69) is 11.7 Å². The van der Waals surface area contributed by atoms with Gasteiger partial charge in [0.05, 0.1) is 6.21 Å². The molecule has 2 heteroatoms. The van der Waals surface area contributed by atoms with Crippen LogP contribution in [0.1, 0.15) is 20.3 Å². The maximum atomic E-state index is 4.80. The van der Waals surface area contributed by atoms with Crippen LogP contribution in [-0.2, 0) is 4.84 Å². The van der Waals surface area contributed by atoms with E-state index in [1.54, 1.807) is 6.21 Å². The van der Waals surface area contributed by atoms with E-state index in [0.717, 1.165) is 12.0 Å². The van der Waals surface area contributed by atoms with Crippen LogP contribution in [0.25, 0.3) is 0 Å². The van der Waals surface area contributed by atoms with Gasteiger partial charge < -0.3 is 4.84 Å². The van der Waals surface area contributed by atoms with E-state index < -0.39 is 0 Å². The van der Waals surface area contributed by atoms with Gasteiger partial charge in [-0.05, 0) is 18.9 Å². The van der Waals surface area contributed by atoms with Crippen LogP contribution in [0, 0.1) is 0 Å². The maximum Gasteiger partial charge on any atom is 0.116 e. The van der Waals surface area contributed by atoms with Gasteiger partial charge in [-0.1, -0.05) is 18.7 Å². The first-order valence-corrected chi connectivity index (χ1v) is 3.08. The number of nitrogens with zero attached hydrogens (tertiary/aromatic N) is 1. The Morgan fingerprint density at radius 2 is 2.44 bits per heavy atom. The zero-order valence-corrected chi connectivity index (χ0v) is 6.05. The van der Waals surface area contributed by atoms with Crippen LogP contribution < -0.4 is 0 Å². The maximum absolute atomic E-state index is 4.80. The summed E-state index contributed by atoms with van der Waals surface area (Å²) < 4.78 is 0. The highest BCUT2D eigenvalue weighted by Crippen LogP contribution is 1.83. The van der Waals surface area contributed by atoms with E-state index in [1.807, 2.05) is 13.8 Å². The van der Waals surface area contributed by atoms with Crippen molar-refractivity contribution >= 4 is 6.21 Å². The molecule has 52 valence electrons. The molecule has 0 aromatic carbocycles. The topological polar surface area (TPSA) is 21.6 Å². The lowest BCUT2D eigenvalue weighted by Crippen LogP contribution is -1.84. The van der Waals surface area contributed by atoms with Gasteiger partial charge in [0.25, 0.3) is 0 Å². The van der Waals surface area contributed by atoms with E-state index >= 15 is 0 Å². The molecule has 0 atom stereocenters. The predicted molar refractivity (Wildman–Crippen MR) is 39.5 cm³/mol. The molecule has 0 aliphatic heterocycles. The molecule has 0 radical (unpaired) electrons. The molecule has 0 spiro atoms. The molecule has 0 N–H and O–H groups in total. The van der Waals surface area contributed by atoms with Crippen LogP contribution in [0.3, 0.4) is 0 Å². The summed E-state index contributed by atoms with van der Waals surface area (Å²) in [5.74, 6) is 0. The lowest BCUT2D eigenvalue weighted by molar-refractivity contribution is 0.146. The first-order chi connectivity index (χ1) is 4.27. The molecule has 0 aliphatic rings. The summed E-state index contributed by atoms with van der Waals surface area (Å²) in [6, 6.07) is 0. The molecule has 0 fully saturated rings. The van der Waals surface area contributed by atoms with Gasteiger partial charge in [-0.15, -0.1) is 0 Å². The number of allylic oxidation sites excluding steroid dienone is 1. The molecule has 0 aromatic heterocycles. The Hall–Kier alpha value is -0.790. The van der Waals surface area contributed by atoms with Gasteiger partial charge in [-0.25, -0.2) is 0 Å². The van der Waals surface area contributed by atoms with E-state index in [-0.39, 0.29) is 0 Å². The van der Waals surface area contributed by atoms with Gasteiger partial charge in [0.1, 0.15) is 6.61 Å². The summed E-state index contributed by atoms with van der Waals surface area (Å²) in [6.45, 7) is 8.22. The summed E-state index contributed by atoms with van der Waals surface area (Å²) in [5.41, 5.74) is 0.908. The molecule has 0 heterocycles. The van der Waals surface area contributed by atoms with Gasteiger partial charge in [0.15, 0.2) is 0 Å². The smallest absolute Gasteiger partial charge is 0.116 e. The second kappa shape index (κ2) is 5.35. The van der Waals surface area contributed by atoms with Crippen molar-refractivity contribution in [2.24, 2.45) is 5.16 Å². The largest absolute Gasteiger partial charge is 0.396 e. The van der Waals surface area contributed by atoms with Crippen molar-refractivity contribution in [3.8, 4) is 0 Å². The summed E-state index contributed by atoms with van der Waals surface area (Å²) >= 11 is 0. The van der Waals surface area contributed by atoms with Gasteiger partial charge in [-0.3, -0.25) is 0 Å². The third kappa shape index (κ3) is 7.21. The van der Waals surface area contributed by atoms with Gasteiger partial charge in [-0.2, -0.15) is 0 Å². The molecule has 0 bridgehead atoms. The molecule has 2 nitrogen and oxygen atoms in total. The quantitative estimate of drug-likeness (QED) is 0.321. The fourth-order valence-electron chi connectivity index (χ4n) is 0.271. The highest BCUT2D eigenvalue weighted by molar-refractivity contribution is 5.75. The molecular weight excluding hydrogens is 114 g/mol. The third-order valence-electron chi connectivity index (χ3n) is 0.643. The number of hydrogen-bond acceptors (Lipinski definition) is 2. The molecule has 0 saturated carbocycles. The van der Waals surface area contributed by atoms with Crippen LogP contribution >= 0.6 is 0 Å². The van der Waals surface area contributed by atoms with Crippen molar-refractivity contribution in [1.29, 1.82) is 0 Å². The molecule has 0 saturated heterocycles. The Labute approximate surface area is 56.2 Å². The van der Waals surface area contributed by atoms with Crippen molar-refractivity contribution in [3.63, 3.8) is 0 Å². The normalized spacial score (nSPS) is 10.0. The Bertz CT molecular complexity index is 107. The zero-order chi connectivity index (χ0) is 7.11. The second-order valence-corrected chi connectivity index (χ2v) is 1.91. The second-order valence-electron chi connectivity index (χ2n) is 1.91. The van der Waals surface area contributed by atoms with Crippen molar-refractivity contribution in [2.45, 2.75) is 20.3 Å². The Kier molecular flexibility index (Phi) is 4.88. The fourth-order valence-corrected chi connectivity index (χ4v) is 0.271. The Balaban J connectivity index is 3.15. The highest BCUT2D eigenvalue weighted by atomic mass is 16.6. The molecule has 0 unspecified atom stereocenters. The lowest BCUT2D eigenvalue weighted by atomic mass is 10.4. The van der Waals surface area contributed by atoms with E-state index in [9.17, 15) is 0 Å². The average molecular weight is 127 g/mol. The first kappa shape index (κ1) is 8.21. The number of rotatable bonds is 4. The standard InChI is InChI=1S/C7H13NO/c1-4-5-9-8-6-7(2)3/h6H,2,4-5H2,1,3H3/b8-6-. The first-order valence-electron chi connectivity index (χ1n) is 3.08. The monoisotopic (exact) mass is 127 g/mol. The van der Waals surface area contributed by atoms with Crippen molar-refractivity contribution in [2.75, 3.05) is 6.61 Å². The Morgan fingerprint density at radius 1 is 1.78 bits per heavy atom. The van der Waals surface area contributed by atoms with Crippen molar-refractivity contribution < 1.29 is 4.84 Å².